The van der Waals surface area contributed by atoms with Crippen LogP contribution in [0, 0.1) is 6.92 Å². The van der Waals surface area contributed by atoms with E-state index in [0.717, 1.165) is 30.2 Å². The molecular weight excluding hydrogens is 402 g/mol. The van der Waals surface area contributed by atoms with Crippen molar-refractivity contribution in [2.24, 2.45) is 0 Å². The Bertz CT molecular complexity index is 1040. The maximum absolute atomic E-state index is 12.5. The highest BCUT2D eigenvalue weighted by Crippen LogP contribution is 2.26. The summed E-state index contributed by atoms with van der Waals surface area (Å²) in [5.74, 6) is -0.548. The summed E-state index contributed by atoms with van der Waals surface area (Å²) in [7, 11) is 0. The number of carbonyl (C=O) groups is 2. The fraction of sp³-hybridized carbons (Fsp3) is 0.381. The Kier molecular flexibility index (Phi) is 6.29. The number of aromatic nitrogens is 2. The maximum Gasteiger partial charge on any atom is 0.281 e. The minimum absolute atomic E-state index is 0.209. The van der Waals surface area contributed by atoms with Gasteiger partial charge in [-0.1, -0.05) is 29.5 Å². The van der Waals surface area contributed by atoms with Gasteiger partial charge in [-0.25, -0.2) is 4.98 Å². The third-order valence-electron chi connectivity index (χ3n) is 5.11. The maximum atomic E-state index is 12.5. The van der Waals surface area contributed by atoms with Crippen molar-refractivity contribution in [2.75, 3.05) is 31.2 Å². The van der Waals surface area contributed by atoms with Crippen LogP contribution >= 0.6 is 11.3 Å². The second-order valence-electron chi connectivity index (χ2n) is 7.23. The Morgan fingerprint density at radius 3 is 2.87 bits per heavy atom. The molecule has 0 spiro atoms. The molecule has 3 heterocycles. The number of morpholine rings is 1. The summed E-state index contributed by atoms with van der Waals surface area (Å²) in [6, 6.07) is 8.11. The number of fused-ring (bicyclic) bond motifs is 1. The number of anilines is 1. The molecule has 0 saturated carbocycles. The topological polar surface area (TPSA) is 99.3 Å². The number of hydrogen-bond acceptors (Lipinski definition) is 6. The summed E-state index contributed by atoms with van der Waals surface area (Å²) in [5, 5.41) is 1.99. The van der Waals surface area contributed by atoms with Crippen molar-refractivity contribution in [3.63, 3.8) is 0 Å². The largest absolute Gasteiger partial charge is 0.378 e. The molecule has 1 saturated heterocycles. The highest BCUT2D eigenvalue weighted by atomic mass is 32.1. The molecule has 0 bridgehead atoms. The number of para-hydroxylation sites is 1. The number of hydrogen-bond donors (Lipinski definition) is 3. The van der Waals surface area contributed by atoms with Crippen molar-refractivity contribution in [2.45, 2.75) is 26.2 Å². The molecule has 0 unspecified atom stereocenters. The molecule has 1 aliphatic rings. The zero-order valence-electron chi connectivity index (χ0n) is 16.9. The Morgan fingerprint density at radius 1 is 1.23 bits per heavy atom. The number of hydrazine groups is 1. The molecule has 0 aliphatic carbocycles. The van der Waals surface area contributed by atoms with E-state index >= 15 is 0 Å². The lowest BCUT2D eigenvalue weighted by atomic mass is 10.1. The standard InChI is InChI=1S/C21H25N5O3S/c1-14-19(30-21(23-14)26-9-11-29-12-10-26)20(28)25-24-18(27)8-4-5-15-13-22-17-7-3-2-6-16(15)17/h2-3,6-7,13,22H,4-5,8-12H2,1H3,(H,24,27)(H,25,28). The van der Waals surface area contributed by atoms with Gasteiger partial charge in [-0.15, -0.1) is 0 Å². The van der Waals surface area contributed by atoms with Crippen LogP contribution in [0.4, 0.5) is 5.13 Å². The molecule has 4 rings (SSSR count). The number of ether oxygens (including phenoxy) is 1. The van der Waals surface area contributed by atoms with Gasteiger partial charge in [0.1, 0.15) is 4.88 Å². The summed E-state index contributed by atoms with van der Waals surface area (Å²) >= 11 is 1.34. The molecule has 1 fully saturated rings. The summed E-state index contributed by atoms with van der Waals surface area (Å²) in [5.41, 5.74) is 7.98. The molecule has 2 amide bonds. The average Bonchev–Trinajstić information content (AvgIpc) is 3.36. The lowest BCUT2D eigenvalue weighted by Gasteiger charge is -2.25. The monoisotopic (exact) mass is 427 g/mol. The molecule has 9 heteroatoms. The predicted octanol–water partition coefficient (Wildman–Crippen LogP) is 2.55. The second kappa shape index (κ2) is 9.27. The second-order valence-corrected chi connectivity index (χ2v) is 8.20. The van der Waals surface area contributed by atoms with E-state index in [-0.39, 0.29) is 11.8 Å². The molecule has 8 nitrogen and oxygen atoms in total. The summed E-state index contributed by atoms with van der Waals surface area (Å²) in [6.07, 6.45) is 3.82. The van der Waals surface area contributed by atoms with Crippen LogP contribution in [0.15, 0.2) is 30.5 Å². The molecule has 1 aromatic carbocycles. The van der Waals surface area contributed by atoms with Gasteiger partial charge in [0, 0.05) is 36.6 Å². The van der Waals surface area contributed by atoms with E-state index in [4.69, 9.17) is 4.74 Å². The van der Waals surface area contributed by atoms with Gasteiger partial charge >= 0.3 is 0 Å². The zero-order valence-corrected chi connectivity index (χ0v) is 17.7. The van der Waals surface area contributed by atoms with Crippen LogP contribution in [0.25, 0.3) is 10.9 Å². The summed E-state index contributed by atoms with van der Waals surface area (Å²) < 4.78 is 5.35. The van der Waals surface area contributed by atoms with Gasteiger partial charge in [0.2, 0.25) is 5.91 Å². The number of H-pyrrole nitrogens is 1. The van der Waals surface area contributed by atoms with Crippen molar-refractivity contribution >= 4 is 39.2 Å². The third-order valence-corrected chi connectivity index (χ3v) is 6.33. The highest BCUT2D eigenvalue weighted by Gasteiger charge is 2.20. The van der Waals surface area contributed by atoms with E-state index < -0.39 is 0 Å². The van der Waals surface area contributed by atoms with Gasteiger partial charge in [0.15, 0.2) is 5.13 Å². The van der Waals surface area contributed by atoms with E-state index in [9.17, 15) is 9.59 Å². The first-order valence-corrected chi connectivity index (χ1v) is 10.9. The van der Waals surface area contributed by atoms with Crippen LogP contribution in [0.2, 0.25) is 0 Å². The molecular formula is C21H25N5O3S. The first kappa shape index (κ1) is 20.4. The van der Waals surface area contributed by atoms with E-state index in [2.05, 4.69) is 31.8 Å². The molecule has 1 aliphatic heterocycles. The molecule has 0 atom stereocenters. The molecule has 158 valence electrons. The number of carbonyl (C=O) groups excluding carboxylic acids is 2. The molecule has 2 aromatic heterocycles. The lowest BCUT2D eigenvalue weighted by Crippen LogP contribution is -2.41. The first-order chi connectivity index (χ1) is 14.6. The Labute approximate surface area is 178 Å². The SMILES string of the molecule is Cc1nc(N2CCOCC2)sc1C(=O)NNC(=O)CCCc1c[nH]c2ccccc12. The number of thiazole rings is 1. The van der Waals surface area contributed by atoms with Crippen molar-refractivity contribution in [3.05, 3.63) is 46.6 Å². The van der Waals surface area contributed by atoms with E-state index in [0.29, 0.717) is 36.6 Å². The van der Waals surface area contributed by atoms with Crippen molar-refractivity contribution < 1.29 is 14.3 Å². The number of aromatic amines is 1. The fourth-order valence-corrected chi connectivity index (χ4v) is 4.52. The van der Waals surface area contributed by atoms with Gasteiger partial charge in [-0.2, -0.15) is 0 Å². The van der Waals surface area contributed by atoms with E-state index in [1.807, 2.05) is 24.4 Å². The highest BCUT2D eigenvalue weighted by molar-refractivity contribution is 7.17. The van der Waals surface area contributed by atoms with Gasteiger partial charge < -0.3 is 14.6 Å². The average molecular weight is 428 g/mol. The van der Waals surface area contributed by atoms with Gasteiger partial charge in [-0.3, -0.25) is 20.4 Å². The van der Waals surface area contributed by atoms with Crippen LogP contribution in [0.5, 0.6) is 0 Å². The minimum Gasteiger partial charge on any atom is -0.378 e. The number of benzene rings is 1. The Hall–Kier alpha value is -2.91. The summed E-state index contributed by atoms with van der Waals surface area (Å²) in [4.78, 5) is 35.0. The van der Waals surface area contributed by atoms with Crippen LogP contribution in [-0.4, -0.2) is 48.1 Å². The lowest BCUT2D eigenvalue weighted by molar-refractivity contribution is -0.121. The minimum atomic E-state index is -0.338. The first-order valence-electron chi connectivity index (χ1n) is 10.1. The Morgan fingerprint density at radius 2 is 2.03 bits per heavy atom. The fourth-order valence-electron chi connectivity index (χ4n) is 3.51. The van der Waals surface area contributed by atoms with Crippen molar-refractivity contribution in [1.82, 2.24) is 20.8 Å². The van der Waals surface area contributed by atoms with E-state index in [1.54, 1.807) is 6.92 Å². The number of nitrogens with one attached hydrogen (secondary N) is 3. The van der Waals surface area contributed by atoms with Gasteiger partial charge in [0.05, 0.1) is 18.9 Å². The van der Waals surface area contributed by atoms with Crippen molar-refractivity contribution in [3.8, 4) is 0 Å². The molecule has 30 heavy (non-hydrogen) atoms. The smallest absolute Gasteiger partial charge is 0.281 e. The van der Waals surface area contributed by atoms with Gasteiger partial charge in [-0.05, 0) is 31.4 Å². The van der Waals surface area contributed by atoms with E-state index in [1.165, 1.54) is 22.3 Å². The third kappa shape index (κ3) is 4.63. The Balaban J connectivity index is 1.24. The molecule has 3 aromatic rings. The summed E-state index contributed by atoms with van der Waals surface area (Å²) in [6.45, 7) is 4.66. The number of nitrogens with zero attached hydrogens (tertiary/aromatic N) is 2. The van der Waals surface area contributed by atoms with Crippen LogP contribution in [0.3, 0.4) is 0 Å². The molecule has 0 radical (unpaired) electrons. The number of amides is 2. The normalized spacial score (nSPS) is 14.1. The predicted molar refractivity (Wildman–Crippen MR) is 117 cm³/mol. The molecule has 3 N–H and O–H groups in total. The van der Waals surface area contributed by atoms with Crippen molar-refractivity contribution in [1.29, 1.82) is 0 Å². The van der Waals surface area contributed by atoms with Gasteiger partial charge in [0.25, 0.3) is 5.91 Å². The number of aryl methyl sites for hydroxylation is 2. The van der Waals surface area contributed by atoms with Crippen LogP contribution < -0.4 is 15.8 Å². The van der Waals surface area contributed by atoms with Crippen LogP contribution in [0.1, 0.15) is 33.8 Å². The van der Waals surface area contributed by atoms with Crippen LogP contribution in [-0.2, 0) is 16.0 Å². The quantitative estimate of drug-likeness (QED) is 0.525. The zero-order chi connectivity index (χ0) is 20.9. The number of rotatable bonds is 6.